The molecule has 1 aromatic carbocycles. The Morgan fingerprint density at radius 3 is 2.42 bits per heavy atom. The van der Waals surface area contributed by atoms with Gasteiger partial charge in [0.1, 0.15) is 5.82 Å². The number of aryl methyl sites for hydroxylation is 1. The van der Waals surface area contributed by atoms with Gasteiger partial charge in [-0.15, -0.1) is 0 Å². The molecule has 2 aromatic rings. The van der Waals surface area contributed by atoms with Crippen LogP contribution in [0, 0.1) is 12.7 Å². The van der Waals surface area contributed by atoms with Crippen LogP contribution in [0.1, 0.15) is 22.4 Å². The largest absolute Gasteiger partial charge is 0.419 e. The molecule has 0 amide bonds. The lowest BCUT2D eigenvalue weighted by atomic mass is 10.1. The third kappa shape index (κ3) is 3.30. The summed E-state index contributed by atoms with van der Waals surface area (Å²) in [6.07, 6.45) is -2.74. The lowest BCUT2D eigenvalue weighted by Crippen LogP contribution is -2.08. The maximum absolute atomic E-state index is 13.4. The molecule has 0 spiro atoms. The van der Waals surface area contributed by atoms with Gasteiger partial charge in [-0.2, -0.15) is 13.2 Å². The number of aromatic nitrogens is 1. The Balaban J connectivity index is 2.26. The molecular weight excluding hydrogens is 258 g/mol. The molecule has 0 saturated heterocycles. The van der Waals surface area contributed by atoms with Gasteiger partial charge < -0.3 is 0 Å². The molecule has 5 heteroatoms. The number of nitrogens with zero attached hydrogens (tertiary/aromatic N) is 1. The summed E-state index contributed by atoms with van der Waals surface area (Å²) in [6.45, 7) is 1.89. The molecule has 0 radical (unpaired) electrons. The predicted octanol–water partition coefficient (Wildman–Crippen LogP) is 4.14. The van der Waals surface area contributed by atoms with Gasteiger partial charge in [0, 0.05) is 18.3 Å². The van der Waals surface area contributed by atoms with E-state index in [0.29, 0.717) is 17.7 Å². The van der Waals surface area contributed by atoms with Gasteiger partial charge in [0.2, 0.25) is 0 Å². The Kier molecular flexibility index (Phi) is 3.55. The van der Waals surface area contributed by atoms with E-state index in [0.717, 1.165) is 17.7 Å². The number of hydrogen-bond donors (Lipinski definition) is 0. The van der Waals surface area contributed by atoms with E-state index < -0.39 is 17.6 Å². The molecule has 1 heterocycles. The van der Waals surface area contributed by atoms with Crippen LogP contribution in [-0.4, -0.2) is 4.98 Å². The Bertz CT molecular complexity index is 590. The van der Waals surface area contributed by atoms with Crippen molar-refractivity contribution in [2.45, 2.75) is 19.5 Å². The first kappa shape index (κ1) is 13.5. The van der Waals surface area contributed by atoms with Crippen LogP contribution in [0.4, 0.5) is 17.6 Å². The predicted molar refractivity (Wildman–Crippen MR) is 63.2 cm³/mol. The van der Waals surface area contributed by atoms with E-state index >= 15 is 0 Å². The Hall–Kier alpha value is -1.91. The van der Waals surface area contributed by atoms with Crippen LogP contribution < -0.4 is 0 Å². The van der Waals surface area contributed by atoms with Crippen LogP contribution in [0.3, 0.4) is 0 Å². The molecular formula is C14H11F4N. The summed E-state index contributed by atoms with van der Waals surface area (Å²) in [5, 5.41) is 0. The van der Waals surface area contributed by atoms with Gasteiger partial charge in [-0.1, -0.05) is 6.07 Å². The number of benzene rings is 1. The fraction of sp³-hybridized carbons (Fsp3) is 0.214. The van der Waals surface area contributed by atoms with Gasteiger partial charge in [-0.05, 0) is 42.3 Å². The Labute approximate surface area is 107 Å². The van der Waals surface area contributed by atoms with Gasteiger partial charge >= 0.3 is 6.18 Å². The summed E-state index contributed by atoms with van der Waals surface area (Å²) in [6, 6.07) is 6.58. The lowest BCUT2D eigenvalue weighted by molar-refractivity contribution is -0.140. The Morgan fingerprint density at radius 2 is 1.84 bits per heavy atom. The summed E-state index contributed by atoms with van der Waals surface area (Å²) in [5.41, 5.74) is 0.911. The highest BCUT2D eigenvalue weighted by Crippen LogP contribution is 2.31. The minimum atomic E-state index is -4.66. The number of hydrogen-bond acceptors (Lipinski definition) is 1. The van der Waals surface area contributed by atoms with Gasteiger partial charge in [-0.3, -0.25) is 4.98 Å². The molecule has 19 heavy (non-hydrogen) atoms. The van der Waals surface area contributed by atoms with Gasteiger partial charge in [-0.25, -0.2) is 4.39 Å². The number of alkyl halides is 3. The molecule has 1 aromatic heterocycles. The van der Waals surface area contributed by atoms with Crippen molar-refractivity contribution in [2.24, 2.45) is 0 Å². The molecule has 0 saturated carbocycles. The summed E-state index contributed by atoms with van der Waals surface area (Å²) >= 11 is 0. The summed E-state index contributed by atoms with van der Waals surface area (Å²) in [4.78, 5) is 4.09. The highest BCUT2D eigenvalue weighted by molar-refractivity contribution is 5.30. The van der Waals surface area contributed by atoms with E-state index in [1.807, 2.05) is 19.1 Å². The minimum absolute atomic E-state index is 0.302. The van der Waals surface area contributed by atoms with E-state index in [1.54, 1.807) is 6.20 Å². The molecule has 0 bridgehead atoms. The molecule has 2 rings (SSSR count). The maximum Gasteiger partial charge on any atom is 0.419 e. The third-order valence-corrected chi connectivity index (χ3v) is 2.70. The second kappa shape index (κ2) is 4.99. The fourth-order valence-electron chi connectivity index (χ4n) is 1.80. The van der Waals surface area contributed by atoms with Crippen molar-refractivity contribution in [1.82, 2.24) is 4.98 Å². The standard InChI is InChI=1S/C14H11F4N/c1-9-4-5-19-11(6-9)7-10-2-3-12(13(15)8-10)14(16,17)18/h2-6,8H,7H2,1H3. The minimum Gasteiger partial charge on any atom is -0.261 e. The summed E-state index contributed by atoms with van der Waals surface area (Å²) in [7, 11) is 0. The van der Waals surface area contributed by atoms with E-state index in [-0.39, 0.29) is 0 Å². The maximum atomic E-state index is 13.4. The van der Waals surface area contributed by atoms with Crippen molar-refractivity contribution in [2.75, 3.05) is 0 Å². The van der Waals surface area contributed by atoms with Crippen molar-refractivity contribution < 1.29 is 17.6 Å². The molecule has 1 nitrogen and oxygen atoms in total. The average molecular weight is 269 g/mol. The first-order valence-corrected chi connectivity index (χ1v) is 5.63. The smallest absolute Gasteiger partial charge is 0.261 e. The van der Waals surface area contributed by atoms with Crippen molar-refractivity contribution in [3.8, 4) is 0 Å². The van der Waals surface area contributed by atoms with Crippen LogP contribution in [0.25, 0.3) is 0 Å². The lowest BCUT2D eigenvalue weighted by Gasteiger charge is -2.09. The zero-order chi connectivity index (χ0) is 14.0. The van der Waals surface area contributed by atoms with Gasteiger partial charge in [0.15, 0.2) is 0 Å². The molecule has 0 aliphatic rings. The van der Waals surface area contributed by atoms with Crippen LogP contribution >= 0.6 is 0 Å². The van der Waals surface area contributed by atoms with Crippen molar-refractivity contribution >= 4 is 0 Å². The third-order valence-electron chi connectivity index (χ3n) is 2.70. The summed E-state index contributed by atoms with van der Waals surface area (Å²) in [5.74, 6) is -1.25. The molecule has 0 atom stereocenters. The average Bonchev–Trinajstić information content (AvgIpc) is 2.27. The zero-order valence-electron chi connectivity index (χ0n) is 10.1. The molecule has 0 unspecified atom stereocenters. The van der Waals surface area contributed by atoms with E-state index in [9.17, 15) is 17.6 Å². The van der Waals surface area contributed by atoms with Gasteiger partial charge in [0.05, 0.1) is 5.56 Å². The zero-order valence-corrected chi connectivity index (χ0v) is 10.1. The first-order chi connectivity index (χ1) is 8.86. The second-order valence-electron chi connectivity index (χ2n) is 4.31. The van der Waals surface area contributed by atoms with Crippen molar-refractivity contribution in [3.05, 3.63) is 64.7 Å². The topological polar surface area (TPSA) is 12.9 Å². The van der Waals surface area contributed by atoms with E-state index in [1.165, 1.54) is 6.07 Å². The van der Waals surface area contributed by atoms with Crippen LogP contribution in [0.2, 0.25) is 0 Å². The van der Waals surface area contributed by atoms with Gasteiger partial charge in [0.25, 0.3) is 0 Å². The van der Waals surface area contributed by atoms with E-state index in [4.69, 9.17) is 0 Å². The number of halogens is 4. The van der Waals surface area contributed by atoms with Crippen molar-refractivity contribution in [3.63, 3.8) is 0 Å². The molecule has 0 aliphatic heterocycles. The van der Waals surface area contributed by atoms with Crippen molar-refractivity contribution in [1.29, 1.82) is 0 Å². The normalized spacial score (nSPS) is 11.6. The fourth-order valence-corrected chi connectivity index (χ4v) is 1.80. The molecule has 100 valence electrons. The molecule has 0 aliphatic carbocycles. The van der Waals surface area contributed by atoms with Crippen LogP contribution in [0.15, 0.2) is 36.5 Å². The quantitative estimate of drug-likeness (QED) is 0.747. The van der Waals surface area contributed by atoms with Crippen LogP contribution in [0.5, 0.6) is 0 Å². The molecule has 0 fully saturated rings. The van der Waals surface area contributed by atoms with E-state index in [2.05, 4.69) is 4.98 Å². The summed E-state index contributed by atoms with van der Waals surface area (Å²) < 4.78 is 50.6. The highest BCUT2D eigenvalue weighted by Gasteiger charge is 2.33. The Morgan fingerprint density at radius 1 is 1.11 bits per heavy atom. The van der Waals surface area contributed by atoms with Crippen LogP contribution in [-0.2, 0) is 12.6 Å². The SMILES string of the molecule is Cc1ccnc(Cc2ccc(C(F)(F)F)c(F)c2)c1. The number of rotatable bonds is 2. The first-order valence-electron chi connectivity index (χ1n) is 5.63. The molecule has 0 N–H and O–H groups in total. The monoisotopic (exact) mass is 269 g/mol. The second-order valence-corrected chi connectivity index (χ2v) is 4.31. The number of pyridine rings is 1. The highest BCUT2D eigenvalue weighted by atomic mass is 19.4.